The highest BCUT2D eigenvalue weighted by molar-refractivity contribution is 6.00. The highest BCUT2D eigenvalue weighted by Gasteiger charge is 2.13. The summed E-state index contributed by atoms with van der Waals surface area (Å²) >= 11 is 0. The minimum atomic E-state index is -0.240. The first-order valence-electron chi connectivity index (χ1n) is 4.16. The molecule has 4 heteroatoms. The molecule has 0 unspecified atom stereocenters. The summed E-state index contributed by atoms with van der Waals surface area (Å²) in [5, 5.41) is 18.1. The first-order chi connectivity index (χ1) is 6.60. The fourth-order valence-corrected chi connectivity index (χ4v) is 1.12. The molecule has 14 heavy (non-hydrogen) atoms. The zero-order chi connectivity index (χ0) is 10.7. The van der Waals surface area contributed by atoms with Gasteiger partial charge in [-0.3, -0.25) is 4.79 Å². The Morgan fingerprint density at radius 2 is 2.29 bits per heavy atom. The molecular weight excluding hydrogens is 180 g/mol. The second-order valence-electron chi connectivity index (χ2n) is 2.85. The minimum absolute atomic E-state index is 0.0563. The van der Waals surface area contributed by atoms with Crippen LogP contribution >= 0.6 is 0 Å². The molecule has 0 saturated carbocycles. The standard InChI is InChI=1S/C10H10N2O2/c1-2-9(13)7-3-6(5-11)4-8(12)10(7)14/h3-4,14H,2,12H2,1H3. The molecule has 0 aromatic heterocycles. The van der Waals surface area contributed by atoms with E-state index in [1.54, 1.807) is 6.92 Å². The summed E-state index contributed by atoms with van der Waals surface area (Å²) in [6.45, 7) is 1.68. The van der Waals surface area contributed by atoms with E-state index in [0.29, 0.717) is 0 Å². The summed E-state index contributed by atoms with van der Waals surface area (Å²) in [4.78, 5) is 11.3. The van der Waals surface area contributed by atoms with Gasteiger partial charge in [-0.25, -0.2) is 0 Å². The third kappa shape index (κ3) is 1.67. The summed E-state index contributed by atoms with van der Waals surface area (Å²) in [6.07, 6.45) is 0.266. The van der Waals surface area contributed by atoms with E-state index in [2.05, 4.69) is 0 Å². The van der Waals surface area contributed by atoms with Gasteiger partial charge in [-0.1, -0.05) is 6.92 Å². The number of nitrogens with zero attached hydrogens (tertiary/aromatic N) is 1. The van der Waals surface area contributed by atoms with Gasteiger partial charge in [0.2, 0.25) is 0 Å². The Hall–Kier alpha value is -2.02. The molecule has 72 valence electrons. The molecule has 1 aromatic rings. The molecule has 0 bridgehead atoms. The van der Waals surface area contributed by atoms with Crippen molar-refractivity contribution in [1.82, 2.24) is 0 Å². The molecule has 0 heterocycles. The van der Waals surface area contributed by atoms with E-state index in [9.17, 15) is 9.90 Å². The van der Waals surface area contributed by atoms with Gasteiger partial charge in [0, 0.05) is 6.42 Å². The SMILES string of the molecule is CCC(=O)c1cc(C#N)cc(N)c1O. The number of aromatic hydroxyl groups is 1. The highest BCUT2D eigenvalue weighted by Crippen LogP contribution is 2.27. The molecule has 0 saturated heterocycles. The molecule has 0 radical (unpaired) electrons. The average molecular weight is 190 g/mol. The molecule has 1 aromatic carbocycles. The molecule has 4 nitrogen and oxygen atoms in total. The molecule has 0 atom stereocenters. The van der Waals surface area contributed by atoms with E-state index in [-0.39, 0.29) is 34.8 Å². The Labute approximate surface area is 81.6 Å². The van der Waals surface area contributed by atoms with Crippen molar-refractivity contribution >= 4 is 11.5 Å². The zero-order valence-electron chi connectivity index (χ0n) is 7.74. The van der Waals surface area contributed by atoms with Gasteiger partial charge < -0.3 is 10.8 Å². The van der Waals surface area contributed by atoms with Gasteiger partial charge in [0.05, 0.1) is 22.9 Å². The van der Waals surface area contributed by atoms with Gasteiger partial charge in [-0.05, 0) is 12.1 Å². The van der Waals surface area contributed by atoms with Crippen molar-refractivity contribution < 1.29 is 9.90 Å². The topological polar surface area (TPSA) is 87.1 Å². The van der Waals surface area contributed by atoms with Crippen molar-refractivity contribution in [3.8, 4) is 11.8 Å². The van der Waals surface area contributed by atoms with Crippen LogP contribution in [0.1, 0.15) is 29.3 Å². The largest absolute Gasteiger partial charge is 0.505 e. The molecule has 3 N–H and O–H groups in total. The van der Waals surface area contributed by atoms with Crippen LogP contribution in [-0.2, 0) is 0 Å². The smallest absolute Gasteiger partial charge is 0.166 e. The van der Waals surface area contributed by atoms with Crippen LogP contribution < -0.4 is 5.73 Å². The lowest BCUT2D eigenvalue weighted by Gasteiger charge is -2.05. The van der Waals surface area contributed by atoms with E-state index in [1.807, 2.05) is 6.07 Å². The van der Waals surface area contributed by atoms with E-state index < -0.39 is 0 Å². The number of carbonyl (C=O) groups excluding carboxylic acids is 1. The van der Waals surface area contributed by atoms with Crippen LogP contribution in [-0.4, -0.2) is 10.9 Å². The normalized spacial score (nSPS) is 9.43. The molecule has 0 fully saturated rings. The maximum absolute atomic E-state index is 11.3. The first kappa shape index (κ1) is 10.1. The molecule has 0 aliphatic rings. The number of phenols is 1. The van der Waals surface area contributed by atoms with Gasteiger partial charge in [0.15, 0.2) is 5.78 Å². The van der Waals surface area contributed by atoms with Crippen LogP contribution in [0.4, 0.5) is 5.69 Å². The average Bonchev–Trinajstić information content (AvgIpc) is 2.20. The van der Waals surface area contributed by atoms with Gasteiger partial charge in [-0.2, -0.15) is 5.26 Å². The predicted molar refractivity (Wildman–Crippen MR) is 51.9 cm³/mol. The minimum Gasteiger partial charge on any atom is -0.505 e. The van der Waals surface area contributed by atoms with Crippen LogP contribution in [0.5, 0.6) is 5.75 Å². The van der Waals surface area contributed by atoms with Crippen molar-refractivity contribution in [3.05, 3.63) is 23.3 Å². The van der Waals surface area contributed by atoms with Gasteiger partial charge >= 0.3 is 0 Å². The van der Waals surface area contributed by atoms with Crippen LogP contribution in [0.3, 0.4) is 0 Å². The van der Waals surface area contributed by atoms with Crippen LogP contribution in [0.2, 0.25) is 0 Å². The maximum Gasteiger partial charge on any atom is 0.166 e. The zero-order valence-corrected chi connectivity index (χ0v) is 7.74. The lowest BCUT2D eigenvalue weighted by atomic mass is 10.0. The molecule has 0 spiro atoms. The van der Waals surface area contributed by atoms with Gasteiger partial charge in [-0.15, -0.1) is 0 Å². The monoisotopic (exact) mass is 190 g/mol. The molecule has 0 aliphatic carbocycles. The third-order valence-electron chi connectivity index (χ3n) is 1.89. The fourth-order valence-electron chi connectivity index (χ4n) is 1.12. The van der Waals surface area contributed by atoms with Crippen molar-refractivity contribution in [2.75, 3.05) is 5.73 Å². The summed E-state index contributed by atoms with van der Waals surface area (Å²) < 4.78 is 0. The lowest BCUT2D eigenvalue weighted by molar-refractivity contribution is 0.0985. The van der Waals surface area contributed by atoms with Crippen molar-refractivity contribution in [2.45, 2.75) is 13.3 Å². The van der Waals surface area contributed by atoms with Gasteiger partial charge in [0.1, 0.15) is 5.75 Å². The number of hydrogen-bond acceptors (Lipinski definition) is 4. The van der Waals surface area contributed by atoms with E-state index in [4.69, 9.17) is 11.0 Å². The number of hydrogen-bond donors (Lipinski definition) is 2. The lowest BCUT2D eigenvalue weighted by Crippen LogP contribution is -2.00. The Morgan fingerprint density at radius 1 is 1.64 bits per heavy atom. The number of ketones is 1. The number of rotatable bonds is 2. The summed E-state index contributed by atoms with van der Waals surface area (Å²) in [6, 6.07) is 4.55. The summed E-state index contributed by atoms with van der Waals surface area (Å²) in [5.41, 5.74) is 5.88. The number of anilines is 1. The van der Waals surface area contributed by atoms with E-state index in [0.717, 1.165) is 0 Å². The Balaban J connectivity index is 3.36. The van der Waals surface area contributed by atoms with Crippen molar-refractivity contribution in [1.29, 1.82) is 5.26 Å². The number of phenolic OH excluding ortho intramolecular Hbond substituents is 1. The summed E-state index contributed by atoms with van der Waals surface area (Å²) in [5.74, 6) is -0.470. The number of nitrogens with two attached hydrogens (primary N) is 1. The van der Waals surface area contributed by atoms with Gasteiger partial charge in [0.25, 0.3) is 0 Å². The van der Waals surface area contributed by atoms with Crippen molar-refractivity contribution in [2.24, 2.45) is 0 Å². The Morgan fingerprint density at radius 3 is 2.79 bits per heavy atom. The van der Waals surface area contributed by atoms with Crippen LogP contribution in [0.25, 0.3) is 0 Å². The quantitative estimate of drug-likeness (QED) is 0.419. The second kappa shape index (κ2) is 3.79. The van der Waals surface area contributed by atoms with Crippen LogP contribution in [0, 0.1) is 11.3 Å². The number of nitriles is 1. The molecular formula is C10H10N2O2. The maximum atomic E-state index is 11.3. The first-order valence-corrected chi connectivity index (χ1v) is 4.16. The highest BCUT2D eigenvalue weighted by atomic mass is 16.3. The Kier molecular flexibility index (Phi) is 2.73. The second-order valence-corrected chi connectivity index (χ2v) is 2.85. The van der Waals surface area contributed by atoms with E-state index >= 15 is 0 Å². The van der Waals surface area contributed by atoms with Crippen LogP contribution in [0.15, 0.2) is 12.1 Å². The van der Waals surface area contributed by atoms with Crippen molar-refractivity contribution in [3.63, 3.8) is 0 Å². The molecule has 1 rings (SSSR count). The van der Waals surface area contributed by atoms with E-state index in [1.165, 1.54) is 12.1 Å². The predicted octanol–water partition coefficient (Wildman–Crippen LogP) is 1.44. The Bertz CT molecular complexity index is 419. The fraction of sp³-hybridized carbons (Fsp3) is 0.200. The summed E-state index contributed by atoms with van der Waals surface area (Å²) in [7, 11) is 0. The number of nitrogen functional groups attached to an aromatic ring is 1. The molecule has 0 amide bonds. The number of Topliss-reactive ketones (excluding diaryl/α,β-unsaturated/α-hetero) is 1. The number of carbonyl (C=O) groups is 1. The molecule has 0 aliphatic heterocycles. The third-order valence-corrected chi connectivity index (χ3v) is 1.89. The number of benzene rings is 1.